The molecule has 9 heteroatoms. The minimum absolute atomic E-state index is 0.0532. The van der Waals surface area contributed by atoms with Crippen molar-refractivity contribution in [1.82, 2.24) is 14.6 Å². The van der Waals surface area contributed by atoms with Crippen molar-refractivity contribution >= 4 is 22.9 Å². The van der Waals surface area contributed by atoms with E-state index in [4.69, 9.17) is 4.74 Å². The van der Waals surface area contributed by atoms with Gasteiger partial charge in [0.25, 0.3) is 5.91 Å². The van der Waals surface area contributed by atoms with E-state index in [-0.39, 0.29) is 18.4 Å². The smallest absolute Gasteiger partial charge is 0.261 e. The molecule has 1 aromatic carbocycles. The normalized spacial score (nSPS) is 20.6. The summed E-state index contributed by atoms with van der Waals surface area (Å²) in [5.41, 5.74) is 2.65. The molecular weight excluding hydrogens is 408 g/mol. The van der Waals surface area contributed by atoms with Crippen molar-refractivity contribution in [2.75, 3.05) is 29.9 Å². The Kier molecular flexibility index (Phi) is 4.94. The van der Waals surface area contributed by atoms with Crippen molar-refractivity contribution in [2.24, 2.45) is 5.92 Å². The number of carbonyl (C=O) groups is 1. The summed E-state index contributed by atoms with van der Waals surface area (Å²) in [4.78, 5) is 19.6. The number of hydrogen-bond acceptors (Lipinski definition) is 7. The standard InChI is InChI=1S/C23H24N6O3/c1-23(14-30)11-16-9-18(27-22(31)17-13-26-29-6-2-5-25-21(17)29)19(10-20(16)32-23)28-7-3-15(12-24)4-8-28/h2,5-6,9-10,13,15,30H,3-4,7-8,11,14H2,1H3,(H,27,31). The van der Waals surface area contributed by atoms with Crippen LogP contribution in [-0.4, -0.2) is 50.9 Å². The first-order valence-electron chi connectivity index (χ1n) is 10.7. The van der Waals surface area contributed by atoms with Crippen molar-refractivity contribution in [3.05, 3.63) is 47.9 Å². The number of aromatic nitrogens is 3. The van der Waals surface area contributed by atoms with Gasteiger partial charge in [0.1, 0.15) is 16.9 Å². The molecule has 3 aromatic rings. The quantitative estimate of drug-likeness (QED) is 0.650. The first-order valence-corrected chi connectivity index (χ1v) is 10.7. The van der Waals surface area contributed by atoms with Crippen LogP contribution in [0.15, 0.2) is 36.8 Å². The van der Waals surface area contributed by atoms with E-state index in [1.54, 1.807) is 23.0 Å². The van der Waals surface area contributed by atoms with Crippen molar-refractivity contribution in [2.45, 2.75) is 31.8 Å². The first kappa shape index (κ1) is 20.3. The Hall–Kier alpha value is -3.64. The summed E-state index contributed by atoms with van der Waals surface area (Å²) in [5.74, 6) is 0.475. The number of fused-ring (bicyclic) bond motifs is 2. The van der Waals surface area contributed by atoms with Crippen LogP contribution in [0.2, 0.25) is 0 Å². The van der Waals surface area contributed by atoms with Gasteiger partial charge in [-0.3, -0.25) is 4.79 Å². The number of aliphatic hydroxyl groups is 1. The van der Waals surface area contributed by atoms with Crippen LogP contribution in [-0.2, 0) is 6.42 Å². The highest BCUT2D eigenvalue weighted by atomic mass is 16.5. The molecule has 5 rings (SSSR count). The number of anilines is 2. The third-order valence-corrected chi connectivity index (χ3v) is 6.22. The van der Waals surface area contributed by atoms with Gasteiger partial charge in [-0.05, 0) is 31.9 Å². The summed E-state index contributed by atoms with van der Waals surface area (Å²) in [5, 5.41) is 26.3. The molecule has 2 N–H and O–H groups in total. The van der Waals surface area contributed by atoms with E-state index in [0.29, 0.717) is 23.3 Å². The van der Waals surface area contributed by atoms with E-state index in [9.17, 15) is 15.2 Å². The summed E-state index contributed by atoms with van der Waals surface area (Å²) >= 11 is 0. The Morgan fingerprint density at radius 2 is 2.22 bits per heavy atom. The van der Waals surface area contributed by atoms with Gasteiger partial charge in [-0.2, -0.15) is 10.4 Å². The highest BCUT2D eigenvalue weighted by molar-refractivity contribution is 6.09. The molecule has 32 heavy (non-hydrogen) atoms. The second kappa shape index (κ2) is 7.80. The molecule has 2 aromatic heterocycles. The summed E-state index contributed by atoms with van der Waals surface area (Å²) in [6.45, 7) is 3.21. The number of ether oxygens (including phenoxy) is 1. The van der Waals surface area contributed by atoms with Gasteiger partial charge in [0.05, 0.1) is 30.2 Å². The zero-order valence-corrected chi connectivity index (χ0v) is 17.8. The molecule has 0 radical (unpaired) electrons. The van der Waals surface area contributed by atoms with Crippen LogP contribution in [0.25, 0.3) is 5.65 Å². The number of nitrogens with zero attached hydrogens (tertiary/aromatic N) is 5. The van der Waals surface area contributed by atoms with Crippen LogP contribution in [0.4, 0.5) is 11.4 Å². The fourth-order valence-corrected chi connectivity index (χ4v) is 4.43. The maximum Gasteiger partial charge on any atom is 0.261 e. The third-order valence-electron chi connectivity index (χ3n) is 6.22. The lowest BCUT2D eigenvalue weighted by Crippen LogP contribution is -2.34. The Bertz CT molecular complexity index is 1220. The zero-order valence-electron chi connectivity index (χ0n) is 17.8. The third kappa shape index (κ3) is 3.52. The van der Waals surface area contributed by atoms with Gasteiger partial charge >= 0.3 is 0 Å². The lowest BCUT2D eigenvalue weighted by molar-refractivity contribution is 0.0447. The van der Waals surface area contributed by atoms with Crippen molar-refractivity contribution in [3.63, 3.8) is 0 Å². The molecule has 0 saturated carbocycles. The van der Waals surface area contributed by atoms with Gasteiger partial charge in [0.15, 0.2) is 5.65 Å². The molecule has 0 aliphatic carbocycles. The largest absolute Gasteiger partial charge is 0.484 e. The molecule has 9 nitrogen and oxygen atoms in total. The highest BCUT2D eigenvalue weighted by Crippen LogP contribution is 2.42. The topological polar surface area (TPSA) is 116 Å². The number of piperidine rings is 1. The van der Waals surface area contributed by atoms with Crippen LogP contribution in [0.3, 0.4) is 0 Å². The van der Waals surface area contributed by atoms with Crippen LogP contribution >= 0.6 is 0 Å². The lowest BCUT2D eigenvalue weighted by atomic mass is 9.96. The first-order chi connectivity index (χ1) is 15.5. The maximum atomic E-state index is 13.2. The minimum Gasteiger partial charge on any atom is -0.484 e. The van der Waals surface area contributed by atoms with Crippen molar-refractivity contribution in [1.29, 1.82) is 5.26 Å². The molecule has 1 unspecified atom stereocenters. The molecule has 1 atom stereocenters. The average molecular weight is 432 g/mol. The number of amides is 1. The molecule has 1 saturated heterocycles. The Morgan fingerprint density at radius 3 is 2.97 bits per heavy atom. The molecule has 164 valence electrons. The van der Waals surface area contributed by atoms with Gasteiger partial charge in [0.2, 0.25) is 0 Å². The number of hydrogen-bond donors (Lipinski definition) is 2. The van der Waals surface area contributed by atoms with Gasteiger partial charge in [0, 0.05) is 49.5 Å². The maximum absolute atomic E-state index is 13.2. The molecule has 2 aliphatic heterocycles. The monoisotopic (exact) mass is 432 g/mol. The number of carbonyl (C=O) groups excluding carboxylic acids is 1. The van der Waals surface area contributed by atoms with Crippen molar-refractivity contribution in [3.8, 4) is 11.8 Å². The molecule has 0 bridgehead atoms. The molecule has 2 aliphatic rings. The molecule has 0 spiro atoms. The number of nitrogens with one attached hydrogen (secondary N) is 1. The van der Waals surface area contributed by atoms with Gasteiger partial charge in [-0.25, -0.2) is 9.50 Å². The van der Waals surface area contributed by atoms with Crippen LogP contribution in [0, 0.1) is 17.2 Å². The summed E-state index contributed by atoms with van der Waals surface area (Å²) in [7, 11) is 0. The number of nitriles is 1. The van der Waals surface area contributed by atoms with Gasteiger partial charge in [-0.1, -0.05) is 0 Å². The van der Waals surface area contributed by atoms with Crippen LogP contribution < -0.4 is 15.0 Å². The number of aliphatic hydroxyl groups excluding tert-OH is 1. The zero-order chi connectivity index (χ0) is 22.3. The second-order valence-corrected chi connectivity index (χ2v) is 8.65. The van der Waals surface area contributed by atoms with E-state index in [2.05, 4.69) is 26.4 Å². The predicted octanol–water partition coefficient (Wildman–Crippen LogP) is 2.41. The van der Waals surface area contributed by atoms with Crippen LogP contribution in [0.5, 0.6) is 5.75 Å². The fraction of sp³-hybridized carbons (Fsp3) is 0.391. The Morgan fingerprint density at radius 1 is 1.41 bits per heavy atom. The highest BCUT2D eigenvalue weighted by Gasteiger charge is 2.36. The van der Waals surface area contributed by atoms with E-state index in [1.807, 2.05) is 19.1 Å². The average Bonchev–Trinajstić information content (AvgIpc) is 3.39. The van der Waals surface area contributed by atoms with E-state index in [1.165, 1.54) is 6.20 Å². The molecule has 4 heterocycles. The van der Waals surface area contributed by atoms with Crippen LogP contribution in [0.1, 0.15) is 35.7 Å². The lowest BCUT2D eigenvalue weighted by Gasteiger charge is -2.32. The van der Waals surface area contributed by atoms with E-state index in [0.717, 1.165) is 42.9 Å². The van der Waals surface area contributed by atoms with E-state index >= 15 is 0 Å². The predicted molar refractivity (Wildman–Crippen MR) is 118 cm³/mol. The Balaban J connectivity index is 1.50. The van der Waals surface area contributed by atoms with Gasteiger partial charge < -0.3 is 20.1 Å². The number of benzene rings is 1. The fourth-order valence-electron chi connectivity index (χ4n) is 4.43. The summed E-state index contributed by atoms with van der Waals surface area (Å²) in [6.07, 6.45) is 6.97. The van der Waals surface area contributed by atoms with Crippen molar-refractivity contribution < 1.29 is 14.6 Å². The SMILES string of the molecule is CC1(CO)Cc2cc(NC(=O)c3cnn4cccnc34)c(N3CCC(C#N)CC3)cc2O1. The Labute approximate surface area is 185 Å². The van der Waals surface area contributed by atoms with E-state index < -0.39 is 5.60 Å². The van der Waals surface area contributed by atoms with Gasteiger partial charge in [-0.15, -0.1) is 0 Å². The number of rotatable bonds is 4. The summed E-state index contributed by atoms with van der Waals surface area (Å²) in [6, 6.07) is 7.97. The molecule has 1 amide bonds. The molecular formula is C23H24N6O3. The second-order valence-electron chi connectivity index (χ2n) is 8.65. The minimum atomic E-state index is -0.678. The molecule has 1 fully saturated rings. The summed E-state index contributed by atoms with van der Waals surface area (Å²) < 4.78 is 7.60.